The Balaban J connectivity index is 2.39. The van der Waals surface area contributed by atoms with Crippen LogP contribution in [0.4, 0.5) is 0 Å². The van der Waals surface area contributed by atoms with Crippen molar-refractivity contribution in [2.45, 2.75) is 32.7 Å². The van der Waals surface area contributed by atoms with Crippen molar-refractivity contribution in [3.05, 3.63) is 46.4 Å². The Morgan fingerprint density at radius 1 is 1.33 bits per heavy atom. The van der Waals surface area contributed by atoms with Crippen LogP contribution in [0.5, 0.6) is 0 Å². The third-order valence-electron chi connectivity index (χ3n) is 3.14. The molecule has 3 heteroatoms. The summed E-state index contributed by atoms with van der Waals surface area (Å²) in [4.78, 5) is 12.2. The molecule has 0 amide bonds. The summed E-state index contributed by atoms with van der Waals surface area (Å²) in [7, 11) is 0. The van der Waals surface area contributed by atoms with Crippen LogP contribution >= 0.6 is 0 Å². The van der Waals surface area contributed by atoms with Crippen LogP contribution in [0.2, 0.25) is 0 Å². The molecular formula is C15H16N2O. The number of hydrogen-bond acceptors (Lipinski definition) is 2. The molecule has 0 aliphatic rings. The highest BCUT2D eigenvalue weighted by Gasteiger charge is 2.03. The van der Waals surface area contributed by atoms with E-state index in [1.807, 2.05) is 24.4 Å². The van der Waals surface area contributed by atoms with Gasteiger partial charge in [-0.1, -0.05) is 19.1 Å². The maximum Gasteiger partial charge on any atom is 0.258 e. The van der Waals surface area contributed by atoms with E-state index in [1.165, 1.54) is 5.56 Å². The van der Waals surface area contributed by atoms with Crippen LogP contribution in [0.15, 0.2) is 35.3 Å². The number of rotatable bonds is 4. The summed E-state index contributed by atoms with van der Waals surface area (Å²) in [5.41, 5.74) is 1.28. The van der Waals surface area contributed by atoms with Gasteiger partial charge in [0.25, 0.3) is 5.56 Å². The van der Waals surface area contributed by atoms with Crippen LogP contribution in [0.1, 0.15) is 25.3 Å². The number of aryl methyl sites for hydroxylation is 2. The lowest BCUT2D eigenvalue weighted by atomic mass is 10.1. The highest BCUT2D eigenvalue weighted by molar-refractivity contribution is 5.82. The third-order valence-corrected chi connectivity index (χ3v) is 3.14. The fraction of sp³-hybridized carbons (Fsp3) is 0.333. The normalized spacial score (nSPS) is 10.4. The quantitative estimate of drug-likeness (QED) is 0.771. The Morgan fingerprint density at radius 2 is 2.17 bits per heavy atom. The topological polar surface area (TPSA) is 45.8 Å². The van der Waals surface area contributed by atoms with E-state index in [9.17, 15) is 4.79 Å². The number of benzene rings is 1. The highest BCUT2D eigenvalue weighted by Crippen LogP contribution is 2.13. The molecule has 0 spiro atoms. The molecule has 2 rings (SSSR count). The standard InChI is InChI=1S/C15H16N2O/c1-2-12-5-6-14-13(11-12)7-10-17(15(14)18)9-4-3-8-16/h5-7,10-11H,2-4,9H2,1H3. The van der Waals surface area contributed by atoms with Crippen molar-refractivity contribution in [2.24, 2.45) is 0 Å². The van der Waals surface area contributed by atoms with Crippen molar-refractivity contribution in [2.75, 3.05) is 0 Å². The third kappa shape index (κ3) is 2.43. The van der Waals surface area contributed by atoms with Gasteiger partial charge in [0, 0.05) is 24.5 Å². The number of nitriles is 1. The lowest BCUT2D eigenvalue weighted by Crippen LogP contribution is -2.19. The number of aromatic nitrogens is 1. The minimum absolute atomic E-state index is 0.0353. The monoisotopic (exact) mass is 240 g/mol. The minimum atomic E-state index is 0.0353. The first-order valence-corrected chi connectivity index (χ1v) is 6.25. The molecule has 18 heavy (non-hydrogen) atoms. The van der Waals surface area contributed by atoms with Crippen LogP contribution < -0.4 is 5.56 Å². The summed E-state index contributed by atoms with van der Waals surface area (Å²) in [6.07, 6.45) is 4.00. The number of fused-ring (bicyclic) bond motifs is 1. The van der Waals surface area contributed by atoms with Crippen LogP contribution in [0, 0.1) is 11.3 Å². The van der Waals surface area contributed by atoms with E-state index >= 15 is 0 Å². The van der Waals surface area contributed by atoms with E-state index in [0.29, 0.717) is 13.0 Å². The molecule has 0 saturated heterocycles. The minimum Gasteiger partial charge on any atom is -0.315 e. The lowest BCUT2D eigenvalue weighted by Gasteiger charge is -2.06. The van der Waals surface area contributed by atoms with Crippen LogP contribution in [-0.2, 0) is 13.0 Å². The van der Waals surface area contributed by atoms with Gasteiger partial charge in [0.05, 0.1) is 6.07 Å². The van der Waals surface area contributed by atoms with E-state index in [1.54, 1.807) is 4.57 Å². The summed E-state index contributed by atoms with van der Waals surface area (Å²) in [6, 6.07) is 10.0. The van der Waals surface area contributed by atoms with Crippen molar-refractivity contribution in [1.82, 2.24) is 4.57 Å². The van der Waals surface area contributed by atoms with Gasteiger partial charge >= 0.3 is 0 Å². The van der Waals surface area contributed by atoms with Crippen molar-refractivity contribution < 1.29 is 0 Å². The molecule has 0 aliphatic carbocycles. The molecule has 1 aromatic heterocycles. The molecular weight excluding hydrogens is 224 g/mol. The van der Waals surface area contributed by atoms with Gasteiger partial charge in [-0.2, -0.15) is 5.26 Å². The van der Waals surface area contributed by atoms with Gasteiger partial charge in [0.15, 0.2) is 0 Å². The van der Waals surface area contributed by atoms with Crippen LogP contribution in [0.25, 0.3) is 10.8 Å². The molecule has 1 aromatic carbocycles. The Kier molecular flexibility index (Phi) is 3.78. The van der Waals surface area contributed by atoms with Crippen molar-refractivity contribution in [1.29, 1.82) is 5.26 Å². The second kappa shape index (κ2) is 5.50. The second-order valence-corrected chi connectivity index (χ2v) is 4.35. The zero-order valence-electron chi connectivity index (χ0n) is 10.5. The van der Waals surface area contributed by atoms with Gasteiger partial charge in [-0.3, -0.25) is 4.79 Å². The Labute approximate surface area is 106 Å². The Hall–Kier alpha value is -2.08. The first-order chi connectivity index (χ1) is 8.76. The molecule has 0 atom stereocenters. The second-order valence-electron chi connectivity index (χ2n) is 4.35. The Morgan fingerprint density at radius 3 is 2.89 bits per heavy atom. The molecule has 1 heterocycles. The predicted octanol–water partition coefficient (Wildman–Crippen LogP) is 2.87. The summed E-state index contributed by atoms with van der Waals surface area (Å²) in [5.74, 6) is 0. The van der Waals surface area contributed by atoms with Crippen molar-refractivity contribution in [3.63, 3.8) is 0 Å². The zero-order valence-corrected chi connectivity index (χ0v) is 10.5. The average Bonchev–Trinajstić information content (AvgIpc) is 2.41. The summed E-state index contributed by atoms with van der Waals surface area (Å²) < 4.78 is 1.69. The van der Waals surface area contributed by atoms with Crippen molar-refractivity contribution in [3.8, 4) is 6.07 Å². The fourth-order valence-corrected chi connectivity index (χ4v) is 2.06. The maximum atomic E-state index is 12.2. The van der Waals surface area contributed by atoms with E-state index in [2.05, 4.69) is 19.1 Å². The SMILES string of the molecule is CCc1ccc2c(=O)n(CCCC#N)ccc2c1. The molecule has 92 valence electrons. The van der Waals surface area contributed by atoms with E-state index in [0.717, 1.165) is 23.6 Å². The molecule has 0 bridgehead atoms. The smallest absolute Gasteiger partial charge is 0.258 e. The number of pyridine rings is 1. The van der Waals surface area contributed by atoms with Crippen LogP contribution in [0.3, 0.4) is 0 Å². The van der Waals surface area contributed by atoms with Crippen molar-refractivity contribution >= 4 is 10.8 Å². The Bertz CT molecular complexity index is 650. The molecule has 0 fully saturated rings. The summed E-state index contributed by atoms with van der Waals surface area (Å²) >= 11 is 0. The molecule has 0 radical (unpaired) electrons. The summed E-state index contributed by atoms with van der Waals surface area (Å²) in [5, 5.41) is 10.3. The number of nitrogens with zero attached hydrogens (tertiary/aromatic N) is 2. The van der Waals surface area contributed by atoms with E-state index < -0.39 is 0 Å². The predicted molar refractivity (Wildman–Crippen MR) is 72.4 cm³/mol. The first kappa shape index (κ1) is 12.4. The molecule has 0 saturated carbocycles. The molecule has 0 N–H and O–H groups in total. The van der Waals surface area contributed by atoms with E-state index in [-0.39, 0.29) is 5.56 Å². The molecule has 2 aromatic rings. The van der Waals surface area contributed by atoms with Gasteiger partial charge in [0.1, 0.15) is 0 Å². The van der Waals surface area contributed by atoms with Gasteiger partial charge in [0.2, 0.25) is 0 Å². The molecule has 0 aliphatic heterocycles. The van der Waals surface area contributed by atoms with E-state index in [4.69, 9.17) is 5.26 Å². The number of unbranched alkanes of at least 4 members (excludes halogenated alkanes) is 1. The average molecular weight is 240 g/mol. The lowest BCUT2D eigenvalue weighted by molar-refractivity contribution is 0.636. The molecule has 3 nitrogen and oxygen atoms in total. The van der Waals surface area contributed by atoms with Gasteiger partial charge in [-0.25, -0.2) is 0 Å². The largest absolute Gasteiger partial charge is 0.315 e. The fourth-order valence-electron chi connectivity index (χ4n) is 2.06. The van der Waals surface area contributed by atoms with Gasteiger partial charge in [-0.15, -0.1) is 0 Å². The van der Waals surface area contributed by atoms with Gasteiger partial charge < -0.3 is 4.57 Å². The summed E-state index contributed by atoms with van der Waals surface area (Å²) in [6.45, 7) is 2.71. The number of hydrogen-bond donors (Lipinski definition) is 0. The maximum absolute atomic E-state index is 12.2. The highest BCUT2D eigenvalue weighted by atomic mass is 16.1. The molecule has 0 unspecified atom stereocenters. The first-order valence-electron chi connectivity index (χ1n) is 6.25. The van der Waals surface area contributed by atoms with Crippen LogP contribution in [-0.4, -0.2) is 4.57 Å². The van der Waals surface area contributed by atoms with Gasteiger partial charge in [-0.05, 0) is 35.9 Å². The zero-order chi connectivity index (χ0) is 13.0.